The Morgan fingerprint density at radius 3 is 3.00 bits per heavy atom. The van der Waals surface area contributed by atoms with E-state index in [1.807, 2.05) is 18.2 Å². The summed E-state index contributed by atoms with van der Waals surface area (Å²) in [5.74, 6) is 1.02. The largest absolute Gasteiger partial charge is 0.344 e. The Hall–Kier alpha value is -1.72. The summed E-state index contributed by atoms with van der Waals surface area (Å²) in [5.41, 5.74) is 2.95. The van der Waals surface area contributed by atoms with Crippen LogP contribution in [0.1, 0.15) is 17.6 Å². The second-order valence-corrected chi connectivity index (χ2v) is 5.01. The molecule has 5 nitrogen and oxygen atoms in total. The molecule has 1 unspecified atom stereocenters. The van der Waals surface area contributed by atoms with Crippen molar-refractivity contribution >= 4 is 0 Å². The van der Waals surface area contributed by atoms with Crippen molar-refractivity contribution in [2.24, 2.45) is 0 Å². The maximum Gasteiger partial charge on any atom is 0.125 e. The lowest BCUT2D eigenvalue weighted by atomic mass is 10.2. The summed E-state index contributed by atoms with van der Waals surface area (Å²) < 4.78 is 0. The number of aromatic amines is 1. The summed E-state index contributed by atoms with van der Waals surface area (Å²) in [5, 5.41) is 3.41. The highest BCUT2D eigenvalue weighted by molar-refractivity contribution is 5.57. The summed E-state index contributed by atoms with van der Waals surface area (Å²) >= 11 is 0. The second-order valence-electron chi connectivity index (χ2n) is 5.01. The number of imidazole rings is 1. The Morgan fingerprint density at radius 1 is 1.37 bits per heavy atom. The molecule has 1 saturated heterocycles. The highest BCUT2D eigenvalue weighted by Crippen LogP contribution is 2.24. The van der Waals surface area contributed by atoms with Crippen LogP contribution in [0.4, 0.5) is 0 Å². The molecule has 2 aromatic rings. The molecule has 1 atom stereocenters. The van der Waals surface area contributed by atoms with Crippen molar-refractivity contribution in [3.05, 3.63) is 35.9 Å². The SMILES string of the molecule is Cc1[nH]c(C2CNCCN2C)nc1-c1ccccn1. The third kappa shape index (κ3) is 2.39. The first kappa shape index (κ1) is 12.3. The Kier molecular flexibility index (Phi) is 3.31. The number of aryl methyl sites for hydroxylation is 1. The van der Waals surface area contributed by atoms with Gasteiger partial charge in [-0.2, -0.15) is 0 Å². The molecule has 3 heterocycles. The maximum atomic E-state index is 4.75. The number of nitrogens with zero attached hydrogens (tertiary/aromatic N) is 3. The van der Waals surface area contributed by atoms with Crippen molar-refractivity contribution < 1.29 is 0 Å². The van der Waals surface area contributed by atoms with Gasteiger partial charge in [0.15, 0.2) is 0 Å². The predicted octanol–water partition coefficient (Wildman–Crippen LogP) is 1.36. The van der Waals surface area contributed by atoms with Crippen molar-refractivity contribution in [3.63, 3.8) is 0 Å². The van der Waals surface area contributed by atoms with Crippen LogP contribution in [0.25, 0.3) is 11.4 Å². The minimum Gasteiger partial charge on any atom is -0.344 e. The van der Waals surface area contributed by atoms with E-state index in [-0.39, 0.29) is 0 Å². The van der Waals surface area contributed by atoms with Crippen LogP contribution in [0.15, 0.2) is 24.4 Å². The minimum atomic E-state index is 0.310. The fraction of sp³-hybridized carbons (Fsp3) is 0.429. The van der Waals surface area contributed by atoms with Gasteiger partial charge in [-0.05, 0) is 26.1 Å². The molecule has 0 bridgehead atoms. The Bertz CT molecular complexity index is 548. The molecule has 0 radical (unpaired) electrons. The number of hydrogen-bond acceptors (Lipinski definition) is 4. The average Bonchev–Trinajstić information content (AvgIpc) is 2.82. The van der Waals surface area contributed by atoms with E-state index in [2.05, 4.69) is 34.2 Å². The molecule has 0 spiro atoms. The van der Waals surface area contributed by atoms with Crippen LogP contribution >= 0.6 is 0 Å². The number of hydrogen-bond donors (Lipinski definition) is 2. The van der Waals surface area contributed by atoms with Gasteiger partial charge in [-0.3, -0.25) is 9.88 Å². The normalized spacial score (nSPS) is 20.6. The van der Waals surface area contributed by atoms with Gasteiger partial charge in [0.1, 0.15) is 11.5 Å². The van der Waals surface area contributed by atoms with Crippen LogP contribution in [0.5, 0.6) is 0 Å². The molecule has 5 heteroatoms. The van der Waals surface area contributed by atoms with Crippen molar-refractivity contribution in [2.75, 3.05) is 26.7 Å². The Balaban J connectivity index is 1.93. The fourth-order valence-corrected chi connectivity index (χ4v) is 2.50. The molecule has 2 N–H and O–H groups in total. The van der Waals surface area contributed by atoms with Gasteiger partial charge >= 0.3 is 0 Å². The minimum absolute atomic E-state index is 0.310. The monoisotopic (exact) mass is 257 g/mol. The van der Waals surface area contributed by atoms with E-state index < -0.39 is 0 Å². The molecular weight excluding hydrogens is 238 g/mol. The predicted molar refractivity (Wildman–Crippen MR) is 74.8 cm³/mol. The zero-order valence-corrected chi connectivity index (χ0v) is 11.3. The summed E-state index contributed by atoms with van der Waals surface area (Å²) in [6.07, 6.45) is 1.80. The van der Waals surface area contributed by atoms with Crippen molar-refractivity contribution in [3.8, 4) is 11.4 Å². The maximum absolute atomic E-state index is 4.75. The van der Waals surface area contributed by atoms with Crippen LogP contribution in [0.3, 0.4) is 0 Å². The third-order valence-corrected chi connectivity index (χ3v) is 3.64. The van der Waals surface area contributed by atoms with Crippen LogP contribution in [-0.4, -0.2) is 46.5 Å². The van der Waals surface area contributed by atoms with E-state index in [9.17, 15) is 0 Å². The molecule has 0 aromatic carbocycles. The molecule has 0 aliphatic carbocycles. The third-order valence-electron chi connectivity index (χ3n) is 3.64. The lowest BCUT2D eigenvalue weighted by Crippen LogP contribution is -2.44. The van der Waals surface area contributed by atoms with Crippen LogP contribution in [0, 0.1) is 6.92 Å². The Labute approximate surface area is 113 Å². The van der Waals surface area contributed by atoms with Gasteiger partial charge < -0.3 is 10.3 Å². The van der Waals surface area contributed by atoms with Gasteiger partial charge in [0.05, 0.1) is 11.7 Å². The van der Waals surface area contributed by atoms with Gasteiger partial charge in [0, 0.05) is 31.5 Å². The summed E-state index contributed by atoms with van der Waals surface area (Å²) in [6, 6.07) is 6.22. The number of nitrogens with one attached hydrogen (secondary N) is 2. The average molecular weight is 257 g/mol. The highest BCUT2D eigenvalue weighted by atomic mass is 15.2. The highest BCUT2D eigenvalue weighted by Gasteiger charge is 2.24. The van der Waals surface area contributed by atoms with E-state index in [4.69, 9.17) is 4.98 Å². The zero-order valence-electron chi connectivity index (χ0n) is 11.3. The number of aromatic nitrogens is 3. The fourth-order valence-electron chi connectivity index (χ4n) is 2.50. The van der Waals surface area contributed by atoms with Gasteiger partial charge in [-0.25, -0.2) is 4.98 Å². The van der Waals surface area contributed by atoms with E-state index >= 15 is 0 Å². The van der Waals surface area contributed by atoms with Gasteiger partial charge in [-0.1, -0.05) is 6.07 Å². The van der Waals surface area contributed by atoms with Crippen LogP contribution in [-0.2, 0) is 0 Å². The first-order chi connectivity index (χ1) is 9.25. The molecule has 3 rings (SSSR count). The lowest BCUT2D eigenvalue weighted by Gasteiger charge is -2.31. The summed E-state index contributed by atoms with van der Waals surface area (Å²) in [7, 11) is 2.14. The smallest absolute Gasteiger partial charge is 0.125 e. The van der Waals surface area contributed by atoms with E-state index in [1.165, 1.54) is 0 Å². The van der Waals surface area contributed by atoms with Crippen LogP contribution < -0.4 is 5.32 Å². The van der Waals surface area contributed by atoms with Gasteiger partial charge in [-0.15, -0.1) is 0 Å². The van der Waals surface area contributed by atoms with Crippen molar-refractivity contribution in [1.29, 1.82) is 0 Å². The van der Waals surface area contributed by atoms with Gasteiger partial charge in [0.2, 0.25) is 0 Å². The van der Waals surface area contributed by atoms with E-state index in [0.717, 1.165) is 42.5 Å². The van der Waals surface area contributed by atoms with Crippen molar-refractivity contribution in [2.45, 2.75) is 13.0 Å². The summed E-state index contributed by atoms with van der Waals surface area (Å²) in [4.78, 5) is 14.9. The Morgan fingerprint density at radius 2 is 2.26 bits per heavy atom. The van der Waals surface area contributed by atoms with Crippen LogP contribution in [0.2, 0.25) is 0 Å². The molecule has 1 aliphatic rings. The number of H-pyrrole nitrogens is 1. The molecule has 1 fully saturated rings. The molecule has 2 aromatic heterocycles. The van der Waals surface area contributed by atoms with Crippen molar-refractivity contribution in [1.82, 2.24) is 25.2 Å². The topological polar surface area (TPSA) is 56.8 Å². The molecule has 0 amide bonds. The molecule has 0 saturated carbocycles. The number of likely N-dealkylation sites (N-methyl/N-ethyl adjacent to an activating group) is 1. The second kappa shape index (κ2) is 5.11. The molecular formula is C14H19N5. The van der Waals surface area contributed by atoms with E-state index in [1.54, 1.807) is 6.20 Å². The van der Waals surface area contributed by atoms with Gasteiger partial charge in [0.25, 0.3) is 0 Å². The summed E-state index contributed by atoms with van der Waals surface area (Å²) in [6.45, 7) is 5.07. The standard InChI is InChI=1S/C14H19N5/c1-10-13(11-5-3-4-6-16-11)18-14(17-10)12-9-15-7-8-19(12)2/h3-6,12,15H,7-9H2,1-2H3,(H,17,18). The first-order valence-electron chi connectivity index (χ1n) is 6.64. The number of rotatable bonds is 2. The zero-order chi connectivity index (χ0) is 13.2. The molecule has 100 valence electrons. The quantitative estimate of drug-likeness (QED) is 0.853. The first-order valence-corrected chi connectivity index (χ1v) is 6.64. The molecule has 1 aliphatic heterocycles. The number of piperazine rings is 1. The molecule has 19 heavy (non-hydrogen) atoms. The number of pyridine rings is 1. The van der Waals surface area contributed by atoms with E-state index in [0.29, 0.717) is 6.04 Å². The lowest BCUT2D eigenvalue weighted by molar-refractivity contribution is 0.195.